The Bertz CT molecular complexity index is 611. The average molecular weight is 416 g/mol. The number of anilines is 1. The van der Waals surface area contributed by atoms with Crippen LogP contribution in [0.25, 0.3) is 11.4 Å². The van der Waals surface area contributed by atoms with Gasteiger partial charge in [-0.3, -0.25) is 0 Å². The van der Waals surface area contributed by atoms with Crippen molar-refractivity contribution in [1.29, 1.82) is 0 Å². The maximum Gasteiger partial charge on any atom is 0.161 e. The van der Waals surface area contributed by atoms with E-state index in [1.807, 2.05) is 24.3 Å². The fraction of sp³-hybridized carbons (Fsp3) is 0.231. The molecule has 1 aromatic heterocycles. The highest BCUT2D eigenvalue weighted by molar-refractivity contribution is 14.1. The highest BCUT2D eigenvalue weighted by Crippen LogP contribution is 2.42. The lowest BCUT2D eigenvalue weighted by molar-refractivity contribution is 0.983. The van der Waals surface area contributed by atoms with Gasteiger partial charge in [-0.2, -0.15) is 0 Å². The zero-order valence-electron chi connectivity index (χ0n) is 9.53. The monoisotopic (exact) mass is 415 g/mol. The van der Waals surface area contributed by atoms with Crippen molar-refractivity contribution in [3.8, 4) is 11.4 Å². The van der Waals surface area contributed by atoms with Gasteiger partial charge in [0.25, 0.3) is 0 Å². The van der Waals surface area contributed by atoms with Crippen LogP contribution in [0.5, 0.6) is 0 Å². The zero-order valence-corrected chi connectivity index (χ0v) is 13.3. The highest BCUT2D eigenvalue weighted by atomic mass is 127. The minimum atomic E-state index is 0.577. The van der Waals surface area contributed by atoms with Crippen molar-refractivity contribution in [2.45, 2.75) is 18.8 Å². The normalized spacial score (nSPS) is 14.8. The van der Waals surface area contributed by atoms with E-state index in [2.05, 4.69) is 48.5 Å². The number of hydrogen-bond donors (Lipinski definition) is 1. The van der Waals surface area contributed by atoms with Crippen LogP contribution in [0.2, 0.25) is 0 Å². The van der Waals surface area contributed by atoms with Gasteiger partial charge >= 0.3 is 0 Å². The molecule has 1 fully saturated rings. The number of benzene rings is 1. The molecular formula is C13H11BrIN3. The molecule has 18 heavy (non-hydrogen) atoms. The number of rotatable bonds is 2. The van der Waals surface area contributed by atoms with Gasteiger partial charge in [-0.1, -0.05) is 28.1 Å². The van der Waals surface area contributed by atoms with E-state index in [-0.39, 0.29) is 0 Å². The van der Waals surface area contributed by atoms with Crippen LogP contribution in [-0.2, 0) is 0 Å². The van der Waals surface area contributed by atoms with Gasteiger partial charge in [0, 0.05) is 16.0 Å². The first-order valence-electron chi connectivity index (χ1n) is 5.74. The molecule has 92 valence electrons. The van der Waals surface area contributed by atoms with E-state index in [1.54, 1.807) is 0 Å². The molecule has 0 saturated heterocycles. The highest BCUT2D eigenvalue weighted by Gasteiger charge is 2.29. The summed E-state index contributed by atoms with van der Waals surface area (Å²) >= 11 is 5.71. The molecule has 3 nitrogen and oxygen atoms in total. The van der Waals surface area contributed by atoms with E-state index in [9.17, 15) is 0 Å². The quantitative estimate of drug-likeness (QED) is 0.755. The molecule has 1 heterocycles. The van der Waals surface area contributed by atoms with Crippen LogP contribution < -0.4 is 5.73 Å². The van der Waals surface area contributed by atoms with Gasteiger partial charge in [0.1, 0.15) is 5.82 Å². The van der Waals surface area contributed by atoms with Crippen LogP contribution in [-0.4, -0.2) is 9.97 Å². The molecule has 1 saturated carbocycles. The third-order valence-corrected chi connectivity index (χ3v) is 4.55. The topological polar surface area (TPSA) is 51.8 Å². The Morgan fingerprint density at radius 2 is 2.06 bits per heavy atom. The Morgan fingerprint density at radius 1 is 1.28 bits per heavy atom. The van der Waals surface area contributed by atoms with Gasteiger partial charge < -0.3 is 5.73 Å². The second-order valence-electron chi connectivity index (χ2n) is 4.42. The van der Waals surface area contributed by atoms with Crippen LogP contribution in [0.4, 0.5) is 5.82 Å². The fourth-order valence-corrected chi connectivity index (χ4v) is 2.95. The largest absolute Gasteiger partial charge is 0.383 e. The first-order valence-corrected chi connectivity index (χ1v) is 7.61. The third kappa shape index (κ3) is 2.38. The van der Waals surface area contributed by atoms with Gasteiger partial charge in [0.2, 0.25) is 0 Å². The maximum atomic E-state index is 5.99. The van der Waals surface area contributed by atoms with E-state index < -0.39 is 0 Å². The molecule has 1 aromatic carbocycles. The van der Waals surface area contributed by atoms with Gasteiger partial charge in [0.15, 0.2) is 5.82 Å². The first kappa shape index (κ1) is 12.3. The zero-order chi connectivity index (χ0) is 12.7. The molecule has 0 amide bonds. The lowest BCUT2D eigenvalue weighted by Gasteiger charge is -2.08. The van der Waals surface area contributed by atoms with Crippen LogP contribution in [0.15, 0.2) is 28.7 Å². The summed E-state index contributed by atoms with van der Waals surface area (Å²) in [4.78, 5) is 9.08. The molecule has 0 radical (unpaired) electrons. The van der Waals surface area contributed by atoms with Crippen molar-refractivity contribution >= 4 is 44.3 Å². The summed E-state index contributed by atoms with van der Waals surface area (Å²) < 4.78 is 2.03. The summed E-state index contributed by atoms with van der Waals surface area (Å²) in [6.07, 6.45) is 2.43. The van der Waals surface area contributed by atoms with E-state index in [1.165, 1.54) is 12.8 Å². The SMILES string of the molecule is Nc1nc(-c2cccc(Br)c2)nc(C2CC2)c1I. The molecular weight excluding hydrogens is 405 g/mol. The van der Waals surface area contributed by atoms with Crippen molar-refractivity contribution in [3.05, 3.63) is 38.0 Å². The van der Waals surface area contributed by atoms with Crippen molar-refractivity contribution < 1.29 is 0 Å². The van der Waals surface area contributed by atoms with Crippen molar-refractivity contribution in [3.63, 3.8) is 0 Å². The maximum absolute atomic E-state index is 5.99. The fourth-order valence-electron chi connectivity index (χ4n) is 1.87. The van der Waals surface area contributed by atoms with Crippen molar-refractivity contribution in [2.75, 3.05) is 5.73 Å². The summed E-state index contributed by atoms with van der Waals surface area (Å²) in [5.74, 6) is 1.88. The van der Waals surface area contributed by atoms with Gasteiger partial charge in [-0.15, -0.1) is 0 Å². The second kappa shape index (κ2) is 4.77. The third-order valence-electron chi connectivity index (χ3n) is 2.95. The second-order valence-corrected chi connectivity index (χ2v) is 6.41. The summed E-state index contributed by atoms with van der Waals surface area (Å²) in [5.41, 5.74) is 8.10. The minimum Gasteiger partial charge on any atom is -0.383 e. The van der Waals surface area contributed by atoms with Crippen LogP contribution in [0.1, 0.15) is 24.5 Å². The smallest absolute Gasteiger partial charge is 0.161 e. The van der Waals surface area contributed by atoms with Crippen molar-refractivity contribution in [2.24, 2.45) is 0 Å². The number of nitrogen functional groups attached to an aromatic ring is 1. The van der Waals surface area contributed by atoms with Crippen molar-refractivity contribution in [1.82, 2.24) is 9.97 Å². The summed E-state index contributed by atoms with van der Waals surface area (Å²) in [7, 11) is 0. The van der Waals surface area contributed by atoms with Crippen LogP contribution >= 0.6 is 38.5 Å². The standard InChI is InChI=1S/C13H11BrIN3/c14-9-3-1-2-8(6-9)13-17-11(7-4-5-7)10(15)12(16)18-13/h1-3,6-7H,4-5H2,(H2,16,17,18). The molecule has 0 atom stereocenters. The predicted octanol–water partition coefficient (Wildman–Crippen LogP) is 3.97. The molecule has 0 unspecified atom stereocenters. The Labute approximate surface area is 127 Å². The van der Waals surface area contributed by atoms with Gasteiger partial charge in [-0.25, -0.2) is 9.97 Å². The summed E-state index contributed by atoms with van der Waals surface area (Å²) in [5, 5.41) is 0. The molecule has 2 aromatic rings. The summed E-state index contributed by atoms with van der Waals surface area (Å²) in [6.45, 7) is 0. The minimum absolute atomic E-state index is 0.577. The number of aromatic nitrogens is 2. The van der Waals surface area contributed by atoms with Crippen LogP contribution in [0.3, 0.4) is 0 Å². The molecule has 5 heteroatoms. The molecule has 1 aliphatic rings. The van der Waals surface area contributed by atoms with E-state index in [4.69, 9.17) is 5.73 Å². The molecule has 0 bridgehead atoms. The first-order chi connectivity index (χ1) is 8.65. The van der Waals surface area contributed by atoms with E-state index in [0.29, 0.717) is 11.7 Å². The molecule has 1 aliphatic carbocycles. The lowest BCUT2D eigenvalue weighted by Crippen LogP contribution is -2.04. The number of hydrogen-bond acceptors (Lipinski definition) is 3. The molecule has 3 rings (SSSR count). The number of halogens is 2. The van der Waals surface area contributed by atoms with Gasteiger partial charge in [0.05, 0.1) is 9.26 Å². The lowest BCUT2D eigenvalue weighted by atomic mass is 10.2. The molecule has 0 aliphatic heterocycles. The Balaban J connectivity index is 2.12. The molecule has 2 N–H and O–H groups in total. The Hall–Kier alpha value is -0.690. The summed E-state index contributed by atoms with van der Waals surface area (Å²) in [6, 6.07) is 7.98. The Morgan fingerprint density at radius 3 is 2.72 bits per heavy atom. The predicted molar refractivity (Wildman–Crippen MR) is 84.3 cm³/mol. The van der Waals surface area contributed by atoms with Crippen LogP contribution in [0, 0.1) is 3.57 Å². The average Bonchev–Trinajstić information content (AvgIpc) is 3.16. The van der Waals surface area contributed by atoms with E-state index >= 15 is 0 Å². The van der Waals surface area contributed by atoms with E-state index in [0.717, 1.165) is 25.1 Å². The van der Waals surface area contributed by atoms with Gasteiger partial charge in [-0.05, 0) is 47.6 Å². The number of nitrogens with two attached hydrogens (primary N) is 1. The number of nitrogens with zero attached hydrogens (tertiary/aromatic N) is 2. The molecule has 0 spiro atoms. The Kier molecular flexibility index (Phi) is 3.27.